The van der Waals surface area contributed by atoms with E-state index in [1.165, 1.54) is 10.9 Å². The van der Waals surface area contributed by atoms with Gasteiger partial charge in [0.05, 0.1) is 11.4 Å². The van der Waals surface area contributed by atoms with Crippen LogP contribution in [0.2, 0.25) is 0 Å². The minimum Gasteiger partial charge on any atom is -0.341 e. The SMILES string of the molecule is CCNS(=O)(=O)C1CCN(c2nc3c(cnn3C)c(=O)[nH]2)C1. The van der Waals surface area contributed by atoms with Gasteiger partial charge in [0.25, 0.3) is 5.56 Å². The lowest BCUT2D eigenvalue weighted by atomic mass is 10.4. The van der Waals surface area contributed by atoms with Crippen molar-refractivity contribution in [3.05, 3.63) is 16.6 Å². The quantitative estimate of drug-likeness (QED) is 0.758. The van der Waals surface area contributed by atoms with E-state index < -0.39 is 15.3 Å². The van der Waals surface area contributed by atoms with E-state index in [1.807, 2.05) is 0 Å². The maximum atomic E-state index is 12.1. The summed E-state index contributed by atoms with van der Waals surface area (Å²) in [6.45, 7) is 2.96. The summed E-state index contributed by atoms with van der Waals surface area (Å²) in [5.74, 6) is 0.385. The number of hydrogen-bond acceptors (Lipinski definition) is 6. The van der Waals surface area contributed by atoms with Crippen LogP contribution in [0.1, 0.15) is 13.3 Å². The number of aromatic amines is 1. The normalized spacial score (nSPS) is 19.2. The zero-order valence-corrected chi connectivity index (χ0v) is 13.2. The predicted octanol–water partition coefficient (Wildman–Crippen LogP) is -0.825. The molecule has 3 heterocycles. The molecule has 0 aliphatic carbocycles. The number of nitrogens with zero attached hydrogens (tertiary/aromatic N) is 4. The van der Waals surface area contributed by atoms with Crippen molar-refractivity contribution in [2.45, 2.75) is 18.6 Å². The fraction of sp³-hybridized carbons (Fsp3) is 0.583. The van der Waals surface area contributed by atoms with Gasteiger partial charge in [0.2, 0.25) is 16.0 Å². The summed E-state index contributed by atoms with van der Waals surface area (Å²) in [7, 11) is -1.62. The zero-order chi connectivity index (χ0) is 15.9. The number of aryl methyl sites for hydroxylation is 1. The Kier molecular flexibility index (Phi) is 3.65. The molecular formula is C12H18N6O3S. The summed E-state index contributed by atoms with van der Waals surface area (Å²) in [5.41, 5.74) is 0.211. The number of anilines is 1. The molecule has 1 aliphatic rings. The summed E-state index contributed by atoms with van der Waals surface area (Å²) in [6.07, 6.45) is 1.97. The molecule has 0 spiro atoms. The fourth-order valence-electron chi connectivity index (χ4n) is 2.66. The summed E-state index contributed by atoms with van der Waals surface area (Å²) >= 11 is 0. The minimum absolute atomic E-state index is 0.272. The third kappa shape index (κ3) is 2.48. The van der Waals surface area contributed by atoms with Crippen LogP contribution in [-0.2, 0) is 17.1 Å². The Morgan fingerprint density at radius 2 is 2.27 bits per heavy atom. The Morgan fingerprint density at radius 1 is 1.50 bits per heavy atom. The van der Waals surface area contributed by atoms with E-state index in [0.717, 1.165) is 0 Å². The van der Waals surface area contributed by atoms with Gasteiger partial charge in [0.1, 0.15) is 5.39 Å². The van der Waals surface area contributed by atoms with Gasteiger partial charge in [0.15, 0.2) is 5.65 Å². The molecule has 1 aliphatic heterocycles. The van der Waals surface area contributed by atoms with Crippen LogP contribution in [0.3, 0.4) is 0 Å². The van der Waals surface area contributed by atoms with E-state index in [1.54, 1.807) is 18.9 Å². The first kappa shape index (κ1) is 15.0. The first-order chi connectivity index (χ1) is 10.4. The Balaban J connectivity index is 1.90. The van der Waals surface area contributed by atoms with Gasteiger partial charge in [0, 0.05) is 26.7 Å². The number of nitrogens with one attached hydrogen (secondary N) is 2. The molecule has 22 heavy (non-hydrogen) atoms. The Bertz CT molecular complexity index is 855. The van der Waals surface area contributed by atoms with Crippen molar-refractivity contribution in [2.75, 3.05) is 24.5 Å². The van der Waals surface area contributed by atoms with Crippen LogP contribution in [0.15, 0.2) is 11.0 Å². The molecule has 0 radical (unpaired) electrons. The number of fused-ring (bicyclic) bond motifs is 1. The van der Waals surface area contributed by atoms with E-state index in [4.69, 9.17) is 0 Å². The second-order valence-electron chi connectivity index (χ2n) is 5.29. The van der Waals surface area contributed by atoms with E-state index in [0.29, 0.717) is 43.0 Å². The molecule has 0 amide bonds. The standard InChI is InChI=1S/C12H18N6O3S/c1-3-14-22(20,21)8-4-5-18(7-8)12-15-10-9(11(19)16-12)6-13-17(10)2/h6,8,14H,3-5,7H2,1-2H3,(H,15,16,19). The molecule has 2 aromatic heterocycles. The van der Waals surface area contributed by atoms with Crippen LogP contribution in [0.5, 0.6) is 0 Å². The van der Waals surface area contributed by atoms with Crippen LogP contribution in [0.4, 0.5) is 5.95 Å². The van der Waals surface area contributed by atoms with Gasteiger partial charge < -0.3 is 4.90 Å². The van der Waals surface area contributed by atoms with Gasteiger partial charge in [-0.15, -0.1) is 0 Å². The molecule has 9 nitrogen and oxygen atoms in total. The minimum atomic E-state index is -3.33. The second kappa shape index (κ2) is 5.36. The number of rotatable bonds is 4. The molecule has 0 aromatic carbocycles. The van der Waals surface area contributed by atoms with Gasteiger partial charge in [-0.2, -0.15) is 10.1 Å². The van der Waals surface area contributed by atoms with Gasteiger partial charge in [-0.05, 0) is 6.42 Å². The van der Waals surface area contributed by atoms with Crippen molar-refractivity contribution in [1.29, 1.82) is 0 Å². The summed E-state index contributed by atoms with van der Waals surface area (Å²) in [5, 5.41) is 3.93. The fourth-order valence-corrected chi connectivity index (χ4v) is 4.09. The number of sulfonamides is 1. The molecule has 1 saturated heterocycles. The lowest BCUT2D eigenvalue weighted by Crippen LogP contribution is -2.36. The molecule has 1 fully saturated rings. The third-order valence-electron chi connectivity index (χ3n) is 3.82. The molecule has 2 N–H and O–H groups in total. The van der Waals surface area contributed by atoms with Crippen LogP contribution >= 0.6 is 0 Å². The smallest absolute Gasteiger partial charge is 0.263 e. The van der Waals surface area contributed by atoms with Crippen LogP contribution < -0.4 is 15.2 Å². The van der Waals surface area contributed by atoms with Gasteiger partial charge in [-0.3, -0.25) is 14.5 Å². The molecule has 0 bridgehead atoms. The molecular weight excluding hydrogens is 308 g/mol. The summed E-state index contributed by atoms with van der Waals surface area (Å²) in [4.78, 5) is 20.9. The lowest BCUT2D eigenvalue weighted by Gasteiger charge is -2.17. The molecule has 2 aromatic rings. The molecule has 120 valence electrons. The average Bonchev–Trinajstić information content (AvgIpc) is 3.07. The zero-order valence-electron chi connectivity index (χ0n) is 12.4. The van der Waals surface area contributed by atoms with Crippen LogP contribution in [0.25, 0.3) is 11.0 Å². The van der Waals surface area contributed by atoms with Crippen molar-refractivity contribution in [2.24, 2.45) is 7.05 Å². The molecule has 1 unspecified atom stereocenters. The summed E-state index contributed by atoms with van der Waals surface area (Å²) < 4.78 is 28.2. The van der Waals surface area contributed by atoms with Crippen molar-refractivity contribution in [3.63, 3.8) is 0 Å². The van der Waals surface area contributed by atoms with E-state index >= 15 is 0 Å². The van der Waals surface area contributed by atoms with Gasteiger partial charge >= 0.3 is 0 Å². The largest absolute Gasteiger partial charge is 0.341 e. The molecule has 0 saturated carbocycles. The van der Waals surface area contributed by atoms with Gasteiger partial charge in [-0.1, -0.05) is 6.92 Å². The highest BCUT2D eigenvalue weighted by molar-refractivity contribution is 7.90. The Morgan fingerprint density at radius 3 is 3.00 bits per heavy atom. The number of H-pyrrole nitrogens is 1. The highest BCUT2D eigenvalue weighted by Crippen LogP contribution is 2.20. The highest BCUT2D eigenvalue weighted by Gasteiger charge is 2.33. The molecule has 1 atom stereocenters. The number of hydrogen-bond donors (Lipinski definition) is 2. The monoisotopic (exact) mass is 326 g/mol. The van der Waals surface area contributed by atoms with Crippen LogP contribution in [-0.4, -0.2) is 53.1 Å². The lowest BCUT2D eigenvalue weighted by molar-refractivity contribution is 0.570. The van der Waals surface area contributed by atoms with Crippen molar-refractivity contribution < 1.29 is 8.42 Å². The molecule has 3 rings (SSSR count). The third-order valence-corrected chi connectivity index (χ3v) is 5.77. The van der Waals surface area contributed by atoms with Crippen LogP contribution in [0, 0.1) is 0 Å². The highest BCUT2D eigenvalue weighted by atomic mass is 32.2. The first-order valence-corrected chi connectivity index (χ1v) is 8.62. The maximum absolute atomic E-state index is 12.1. The Hall–Kier alpha value is -1.94. The molecule has 10 heteroatoms. The van der Waals surface area contributed by atoms with E-state index in [9.17, 15) is 13.2 Å². The Labute approximate surface area is 127 Å². The second-order valence-corrected chi connectivity index (χ2v) is 7.34. The van der Waals surface area contributed by atoms with Crippen molar-refractivity contribution >= 4 is 27.0 Å². The number of aromatic nitrogens is 4. The first-order valence-electron chi connectivity index (χ1n) is 7.08. The summed E-state index contributed by atoms with van der Waals surface area (Å²) in [6, 6.07) is 0. The average molecular weight is 326 g/mol. The topological polar surface area (TPSA) is 113 Å². The maximum Gasteiger partial charge on any atom is 0.263 e. The van der Waals surface area contributed by atoms with Crippen molar-refractivity contribution in [3.8, 4) is 0 Å². The van der Waals surface area contributed by atoms with E-state index in [-0.39, 0.29) is 5.56 Å². The van der Waals surface area contributed by atoms with Crippen molar-refractivity contribution in [1.82, 2.24) is 24.5 Å². The van der Waals surface area contributed by atoms with E-state index in [2.05, 4.69) is 19.8 Å². The predicted molar refractivity (Wildman–Crippen MR) is 82.3 cm³/mol. The van der Waals surface area contributed by atoms with Gasteiger partial charge in [-0.25, -0.2) is 13.1 Å².